The summed E-state index contributed by atoms with van der Waals surface area (Å²) in [6, 6.07) is -1.16. The maximum Gasteiger partial charge on any atom is 0.390 e. The van der Waals surface area contributed by atoms with Crippen LogP contribution in [0, 0.1) is 0 Å². The zero-order chi connectivity index (χ0) is 11.6. The average molecular weight is 225 g/mol. The molecule has 6 heteroatoms. The van der Waals surface area contributed by atoms with Crippen molar-refractivity contribution >= 4 is 5.97 Å². The highest BCUT2D eigenvalue weighted by atomic mass is 19.4. The van der Waals surface area contributed by atoms with Crippen molar-refractivity contribution in [2.45, 2.75) is 38.0 Å². The van der Waals surface area contributed by atoms with E-state index in [1.165, 1.54) is 18.9 Å². The van der Waals surface area contributed by atoms with Crippen molar-refractivity contribution in [2.24, 2.45) is 0 Å². The van der Waals surface area contributed by atoms with Gasteiger partial charge in [-0.3, -0.25) is 9.69 Å². The first-order valence-corrected chi connectivity index (χ1v) is 4.75. The fourth-order valence-corrected chi connectivity index (χ4v) is 1.78. The lowest BCUT2D eigenvalue weighted by Gasteiger charge is -2.43. The number of hydrogen-bond acceptors (Lipinski definition) is 3. The van der Waals surface area contributed by atoms with Gasteiger partial charge in [0.2, 0.25) is 0 Å². The summed E-state index contributed by atoms with van der Waals surface area (Å²) in [4.78, 5) is 12.7. The van der Waals surface area contributed by atoms with Gasteiger partial charge in [0.1, 0.15) is 6.04 Å². The van der Waals surface area contributed by atoms with Crippen molar-refractivity contribution in [1.29, 1.82) is 0 Å². The van der Waals surface area contributed by atoms with Crippen LogP contribution >= 0.6 is 0 Å². The lowest BCUT2D eigenvalue weighted by molar-refractivity contribution is -0.166. The Morgan fingerprint density at radius 2 is 2.20 bits per heavy atom. The number of hydrogen-bond donors (Lipinski definition) is 0. The van der Waals surface area contributed by atoms with Gasteiger partial charge in [0.25, 0.3) is 0 Å². The summed E-state index contributed by atoms with van der Waals surface area (Å²) in [5.74, 6) is -0.449. The molecule has 0 N–H and O–H groups in total. The summed E-state index contributed by atoms with van der Waals surface area (Å²) >= 11 is 0. The molecular formula is C9H14F3NO2. The highest BCUT2D eigenvalue weighted by Gasteiger charge is 2.41. The van der Waals surface area contributed by atoms with Crippen molar-refractivity contribution in [3.05, 3.63) is 0 Å². The molecule has 2 unspecified atom stereocenters. The zero-order valence-corrected chi connectivity index (χ0v) is 8.67. The third-order valence-corrected chi connectivity index (χ3v) is 2.63. The van der Waals surface area contributed by atoms with Crippen molar-refractivity contribution < 1.29 is 22.7 Å². The maximum absolute atomic E-state index is 12.1. The molecule has 2 atom stereocenters. The second kappa shape index (κ2) is 4.38. The van der Waals surface area contributed by atoms with E-state index in [9.17, 15) is 18.0 Å². The summed E-state index contributed by atoms with van der Waals surface area (Å²) in [5, 5.41) is 0. The number of rotatable bonds is 3. The fraction of sp³-hybridized carbons (Fsp3) is 0.889. The van der Waals surface area contributed by atoms with Gasteiger partial charge in [0.05, 0.1) is 13.5 Å². The van der Waals surface area contributed by atoms with Crippen molar-refractivity contribution in [3.63, 3.8) is 0 Å². The normalized spacial score (nSPS) is 24.5. The molecule has 88 valence electrons. The Kier molecular flexibility index (Phi) is 3.59. The molecule has 0 aromatic carbocycles. The number of esters is 1. The number of alkyl halides is 3. The first-order valence-electron chi connectivity index (χ1n) is 4.75. The standard InChI is InChI=1S/C9H14F3NO2/c1-6(5-9(10,11)12)13-4-3-7(13)8(14)15-2/h6-7H,3-5H2,1-2H3. The average Bonchev–Trinajstić information content (AvgIpc) is 1.97. The summed E-state index contributed by atoms with van der Waals surface area (Å²) in [6.07, 6.45) is -4.49. The van der Waals surface area contributed by atoms with Gasteiger partial charge in [0, 0.05) is 12.6 Å². The quantitative estimate of drug-likeness (QED) is 0.683. The van der Waals surface area contributed by atoms with Crippen LogP contribution in [0.25, 0.3) is 0 Å². The minimum Gasteiger partial charge on any atom is -0.468 e. The Morgan fingerprint density at radius 3 is 2.53 bits per heavy atom. The van der Waals surface area contributed by atoms with Crippen LogP contribution in [0.5, 0.6) is 0 Å². The molecule has 0 radical (unpaired) electrons. The van der Waals surface area contributed by atoms with Gasteiger partial charge in [-0.25, -0.2) is 0 Å². The third-order valence-electron chi connectivity index (χ3n) is 2.63. The zero-order valence-electron chi connectivity index (χ0n) is 8.67. The summed E-state index contributed by atoms with van der Waals surface area (Å²) < 4.78 is 40.8. The number of halogens is 3. The largest absolute Gasteiger partial charge is 0.468 e. The molecule has 1 saturated heterocycles. The van der Waals surface area contributed by atoms with E-state index in [2.05, 4.69) is 4.74 Å². The molecule has 0 amide bonds. The van der Waals surface area contributed by atoms with Crippen LogP contribution in [-0.2, 0) is 9.53 Å². The maximum atomic E-state index is 12.1. The Hall–Kier alpha value is -0.780. The molecule has 3 nitrogen and oxygen atoms in total. The number of ether oxygens (including phenoxy) is 1. The molecule has 1 fully saturated rings. The van der Waals surface area contributed by atoms with E-state index in [4.69, 9.17) is 0 Å². The molecule has 0 aliphatic carbocycles. The van der Waals surface area contributed by atoms with E-state index < -0.39 is 30.7 Å². The number of carbonyl (C=O) groups excluding carboxylic acids is 1. The van der Waals surface area contributed by atoms with E-state index in [0.29, 0.717) is 13.0 Å². The van der Waals surface area contributed by atoms with Crippen LogP contribution in [0.3, 0.4) is 0 Å². The second-order valence-corrected chi connectivity index (χ2v) is 3.73. The van der Waals surface area contributed by atoms with Crippen LogP contribution in [0.4, 0.5) is 13.2 Å². The highest BCUT2D eigenvalue weighted by molar-refractivity contribution is 5.76. The van der Waals surface area contributed by atoms with Gasteiger partial charge >= 0.3 is 12.1 Å². The van der Waals surface area contributed by atoms with Gasteiger partial charge in [-0.1, -0.05) is 0 Å². The summed E-state index contributed by atoms with van der Waals surface area (Å²) in [7, 11) is 1.24. The Balaban J connectivity index is 2.47. The Morgan fingerprint density at radius 1 is 1.60 bits per heavy atom. The smallest absolute Gasteiger partial charge is 0.390 e. The first-order chi connectivity index (χ1) is 6.85. The van der Waals surface area contributed by atoms with Gasteiger partial charge in [-0.15, -0.1) is 0 Å². The van der Waals surface area contributed by atoms with E-state index in [1.807, 2.05) is 0 Å². The first kappa shape index (κ1) is 12.3. The lowest BCUT2D eigenvalue weighted by Crippen LogP contribution is -2.57. The topological polar surface area (TPSA) is 29.5 Å². The SMILES string of the molecule is COC(=O)C1CCN1C(C)CC(F)(F)F. The van der Waals surface area contributed by atoms with Crippen molar-refractivity contribution in [3.8, 4) is 0 Å². The van der Waals surface area contributed by atoms with Gasteiger partial charge in [-0.2, -0.15) is 13.2 Å². The fourth-order valence-electron chi connectivity index (χ4n) is 1.78. The third kappa shape index (κ3) is 3.09. The van der Waals surface area contributed by atoms with Crippen molar-refractivity contribution in [1.82, 2.24) is 4.90 Å². The minimum absolute atomic E-state index is 0.449. The van der Waals surface area contributed by atoms with Crippen LogP contribution in [-0.4, -0.2) is 42.8 Å². The van der Waals surface area contributed by atoms with Crippen LogP contribution in [0.1, 0.15) is 19.8 Å². The van der Waals surface area contributed by atoms with E-state index in [1.54, 1.807) is 0 Å². The van der Waals surface area contributed by atoms with Gasteiger partial charge < -0.3 is 4.74 Å². The molecule has 0 aromatic heterocycles. The molecule has 0 bridgehead atoms. The molecule has 15 heavy (non-hydrogen) atoms. The van der Waals surface area contributed by atoms with Gasteiger partial charge in [0.15, 0.2) is 0 Å². The predicted octanol–water partition coefficient (Wildman–Crippen LogP) is 1.57. The molecule has 0 aromatic rings. The number of nitrogens with zero attached hydrogens (tertiary/aromatic N) is 1. The van der Waals surface area contributed by atoms with Gasteiger partial charge in [-0.05, 0) is 13.3 Å². The van der Waals surface area contributed by atoms with Crippen molar-refractivity contribution in [2.75, 3.05) is 13.7 Å². The van der Waals surface area contributed by atoms with Crippen LogP contribution in [0.2, 0.25) is 0 Å². The lowest BCUT2D eigenvalue weighted by atomic mass is 9.99. The minimum atomic E-state index is -4.18. The predicted molar refractivity (Wildman–Crippen MR) is 47.3 cm³/mol. The Labute approximate surface area is 86.2 Å². The monoisotopic (exact) mass is 225 g/mol. The molecular weight excluding hydrogens is 211 g/mol. The molecule has 1 aliphatic heterocycles. The molecule has 1 rings (SSSR count). The Bertz CT molecular complexity index is 242. The number of carbonyl (C=O) groups is 1. The second-order valence-electron chi connectivity index (χ2n) is 3.73. The number of likely N-dealkylation sites (tertiary alicyclic amines) is 1. The van der Waals surface area contributed by atoms with Crippen LogP contribution < -0.4 is 0 Å². The molecule has 0 spiro atoms. The summed E-state index contributed by atoms with van der Waals surface area (Å²) in [6.45, 7) is 2.00. The van der Waals surface area contributed by atoms with E-state index >= 15 is 0 Å². The molecule has 1 heterocycles. The van der Waals surface area contributed by atoms with E-state index in [-0.39, 0.29) is 0 Å². The molecule has 1 aliphatic rings. The van der Waals surface area contributed by atoms with Crippen LogP contribution in [0.15, 0.2) is 0 Å². The molecule has 0 saturated carbocycles. The summed E-state index contributed by atoms with van der Waals surface area (Å²) in [5.41, 5.74) is 0. The highest BCUT2D eigenvalue weighted by Crippen LogP contribution is 2.29. The van der Waals surface area contributed by atoms with E-state index in [0.717, 1.165) is 0 Å². The number of methoxy groups -OCH3 is 1.